The van der Waals surface area contributed by atoms with Crippen molar-refractivity contribution in [1.82, 2.24) is 0 Å². The summed E-state index contributed by atoms with van der Waals surface area (Å²) in [5, 5.41) is 21.6. The van der Waals surface area contributed by atoms with E-state index in [4.69, 9.17) is 5.26 Å². The molecular formula is C21H21F4N3O. The second-order valence-corrected chi connectivity index (χ2v) is 7.16. The molecule has 3 rings (SSSR count). The van der Waals surface area contributed by atoms with Crippen LogP contribution < -0.4 is 10.2 Å². The van der Waals surface area contributed by atoms with Crippen LogP contribution in [0.15, 0.2) is 36.4 Å². The second-order valence-electron chi connectivity index (χ2n) is 7.16. The van der Waals surface area contributed by atoms with Crippen molar-refractivity contribution in [3.05, 3.63) is 58.9 Å². The fourth-order valence-electron chi connectivity index (χ4n) is 3.56. The number of rotatable bonds is 4. The first kappa shape index (κ1) is 20.9. The molecule has 2 aromatic rings. The Hall–Kier alpha value is -2.79. The van der Waals surface area contributed by atoms with E-state index in [2.05, 4.69) is 5.32 Å². The molecule has 1 saturated heterocycles. The molecule has 8 heteroatoms. The van der Waals surface area contributed by atoms with Gasteiger partial charge in [-0.05, 0) is 56.2 Å². The fourth-order valence-corrected chi connectivity index (χ4v) is 3.56. The average Bonchev–Trinajstić information content (AvgIpc) is 2.68. The minimum Gasteiger partial charge on any atom is -0.393 e. The van der Waals surface area contributed by atoms with Crippen molar-refractivity contribution in [1.29, 1.82) is 5.26 Å². The zero-order valence-electron chi connectivity index (χ0n) is 15.8. The summed E-state index contributed by atoms with van der Waals surface area (Å²) < 4.78 is 53.6. The predicted octanol–water partition coefficient (Wildman–Crippen LogP) is 4.85. The van der Waals surface area contributed by atoms with Crippen LogP contribution in [0.5, 0.6) is 0 Å². The van der Waals surface area contributed by atoms with Gasteiger partial charge in [0.25, 0.3) is 0 Å². The van der Waals surface area contributed by atoms with Crippen molar-refractivity contribution >= 4 is 11.4 Å². The Bertz CT molecular complexity index is 915. The van der Waals surface area contributed by atoms with Crippen molar-refractivity contribution in [2.75, 3.05) is 23.3 Å². The molecule has 1 unspecified atom stereocenters. The monoisotopic (exact) mass is 407 g/mol. The number of aliphatic hydroxyl groups is 1. The fraction of sp³-hybridized carbons (Fsp3) is 0.381. The van der Waals surface area contributed by atoms with Gasteiger partial charge in [-0.15, -0.1) is 0 Å². The second kappa shape index (κ2) is 8.29. The Morgan fingerprint density at radius 2 is 1.86 bits per heavy atom. The van der Waals surface area contributed by atoms with Gasteiger partial charge in [0.1, 0.15) is 5.82 Å². The topological polar surface area (TPSA) is 59.3 Å². The lowest BCUT2D eigenvalue weighted by atomic mass is 10.0. The van der Waals surface area contributed by atoms with Crippen LogP contribution in [0.1, 0.15) is 42.5 Å². The van der Waals surface area contributed by atoms with Crippen molar-refractivity contribution in [2.45, 2.75) is 38.1 Å². The molecule has 2 aromatic carbocycles. The van der Waals surface area contributed by atoms with Crippen LogP contribution in [0.2, 0.25) is 0 Å². The molecule has 2 N–H and O–H groups in total. The Morgan fingerprint density at radius 3 is 2.48 bits per heavy atom. The van der Waals surface area contributed by atoms with Gasteiger partial charge in [-0.2, -0.15) is 18.4 Å². The third-order valence-corrected chi connectivity index (χ3v) is 5.09. The summed E-state index contributed by atoms with van der Waals surface area (Å²) in [6.45, 7) is 2.96. The summed E-state index contributed by atoms with van der Waals surface area (Å²) in [6.07, 6.45) is -3.80. The van der Waals surface area contributed by atoms with Gasteiger partial charge in [-0.1, -0.05) is 0 Å². The van der Waals surface area contributed by atoms with Crippen LogP contribution in [0.3, 0.4) is 0 Å². The van der Waals surface area contributed by atoms with Crippen LogP contribution in [-0.4, -0.2) is 24.3 Å². The van der Waals surface area contributed by atoms with Gasteiger partial charge in [-0.3, -0.25) is 0 Å². The maximum Gasteiger partial charge on any atom is 0.417 e. The third kappa shape index (κ3) is 4.80. The molecule has 29 heavy (non-hydrogen) atoms. The molecule has 0 bridgehead atoms. The molecule has 4 nitrogen and oxygen atoms in total. The van der Waals surface area contributed by atoms with Gasteiger partial charge in [0.15, 0.2) is 0 Å². The standard InChI is InChI=1S/C21H21F4N3O/c1-13(27-16-4-2-14(12-26)19(11-16)21(23,24)25)18-10-15(22)3-5-20(18)28-8-6-17(29)7-9-28/h2-5,10-11,13,17,27,29H,6-9H2,1H3. The van der Waals surface area contributed by atoms with E-state index >= 15 is 0 Å². The summed E-state index contributed by atoms with van der Waals surface area (Å²) in [6, 6.07) is 8.86. The molecule has 0 radical (unpaired) electrons. The highest BCUT2D eigenvalue weighted by molar-refractivity contribution is 5.59. The first-order valence-corrected chi connectivity index (χ1v) is 9.29. The highest BCUT2D eigenvalue weighted by Gasteiger charge is 2.34. The van der Waals surface area contributed by atoms with Crippen molar-refractivity contribution in [2.24, 2.45) is 0 Å². The zero-order chi connectivity index (χ0) is 21.2. The number of anilines is 2. The Kier molecular flexibility index (Phi) is 5.99. The van der Waals surface area contributed by atoms with Crippen molar-refractivity contribution in [3.63, 3.8) is 0 Å². The number of hydrogen-bond donors (Lipinski definition) is 2. The number of piperidine rings is 1. The number of alkyl halides is 3. The largest absolute Gasteiger partial charge is 0.417 e. The van der Waals surface area contributed by atoms with E-state index in [-0.39, 0.29) is 11.8 Å². The number of nitriles is 1. The maximum absolute atomic E-state index is 13.9. The normalized spacial score (nSPS) is 16.4. The summed E-state index contributed by atoms with van der Waals surface area (Å²) in [5.74, 6) is -0.440. The summed E-state index contributed by atoms with van der Waals surface area (Å²) in [4.78, 5) is 2.04. The number of benzene rings is 2. The number of nitrogens with zero attached hydrogens (tertiary/aromatic N) is 2. The quantitative estimate of drug-likeness (QED) is 0.712. The van der Waals surface area contributed by atoms with E-state index in [1.54, 1.807) is 19.1 Å². The Labute approximate surface area is 166 Å². The van der Waals surface area contributed by atoms with Crippen molar-refractivity contribution < 1.29 is 22.7 Å². The molecule has 1 aliphatic rings. The van der Waals surface area contributed by atoms with Gasteiger partial charge in [0, 0.05) is 30.0 Å². The molecule has 0 saturated carbocycles. The minimum absolute atomic E-state index is 0.188. The predicted molar refractivity (Wildman–Crippen MR) is 102 cm³/mol. The SMILES string of the molecule is CC(Nc1ccc(C#N)c(C(F)(F)F)c1)c1cc(F)ccc1N1CCC(O)CC1. The van der Waals surface area contributed by atoms with Crippen LogP contribution in [-0.2, 0) is 6.18 Å². The zero-order valence-corrected chi connectivity index (χ0v) is 15.8. The number of halogens is 4. The van der Waals surface area contributed by atoms with E-state index < -0.39 is 29.2 Å². The number of aliphatic hydroxyl groups excluding tert-OH is 1. The number of nitrogens with one attached hydrogen (secondary N) is 1. The van der Waals surface area contributed by atoms with Crippen LogP contribution in [0.4, 0.5) is 28.9 Å². The van der Waals surface area contributed by atoms with Crippen LogP contribution >= 0.6 is 0 Å². The van der Waals surface area contributed by atoms with Gasteiger partial charge in [-0.25, -0.2) is 4.39 Å². The molecule has 1 aliphatic heterocycles. The molecule has 1 heterocycles. The lowest BCUT2D eigenvalue weighted by Gasteiger charge is -2.34. The van der Waals surface area contributed by atoms with Crippen molar-refractivity contribution in [3.8, 4) is 6.07 Å². The molecule has 1 atom stereocenters. The number of hydrogen-bond acceptors (Lipinski definition) is 4. The third-order valence-electron chi connectivity index (χ3n) is 5.09. The highest BCUT2D eigenvalue weighted by Crippen LogP contribution is 2.36. The molecule has 0 amide bonds. The first-order chi connectivity index (χ1) is 13.7. The van der Waals surface area contributed by atoms with E-state index in [0.29, 0.717) is 31.5 Å². The lowest BCUT2D eigenvalue weighted by molar-refractivity contribution is -0.137. The van der Waals surface area contributed by atoms with E-state index in [9.17, 15) is 22.7 Å². The van der Waals surface area contributed by atoms with Gasteiger partial charge >= 0.3 is 6.18 Å². The smallest absolute Gasteiger partial charge is 0.393 e. The Balaban J connectivity index is 1.89. The first-order valence-electron chi connectivity index (χ1n) is 9.29. The highest BCUT2D eigenvalue weighted by atomic mass is 19.4. The van der Waals surface area contributed by atoms with E-state index in [1.165, 1.54) is 18.2 Å². The lowest BCUT2D eigenvalue weighted by Crippen LogP contribution is -2.36. The molecular weight excluding hydrogens is 386 g/mol. The summed E-state index contributed by atoms with van der Waals surface area (Å²) in [5.41, 5.74) is 0.117. The Morgan fingerprint density at radius 1 is 1.17 bits per heavy atom. The average molecular weight is 407 g/mol. The molecule has 0 aliphatic carbocycles. The van der Waals surface area contributed by atoms with Gasteiger partial charge in [0.05, 0.1) is 29.3 Å². The summed E-state index contributed by atoms with van der Waals surface area (Å²) in [7, 11) is 0. The molecule has 1 fully saturated rings. The molecule has 154 valence electrons. The molecule has 0 spiro atoms. The maximum atomic E-state index is 13.9. The summed E-state index contributed by atoms with van der Waals surface area (Å²) >= 11 is 0. The van der Waals surface area contributed by atoms with Gasteiger partial charge in [0.2, 0.25) is 0 Å². The van der Waals surface area contributed by atoms with E-state index in [0.717, 1.165) is 17.8 Å². The van der Waals surface area contributed by atoms with Crippen LogP contribution in [0.25, 0.3) is 0 Å². The van der Waals surface area contributed by atoms with E-state index in [1.807, 2.05) is 4.90 Å². The minimum atomic E-state index is -4.65. The van der Waals surface area contributed by atoms with Gasteiger partial charge < -0.3 is 15.3 Å². The van der Waals surface area contributed by atoms with Crippen LogP contribution in [0, 0.1) is 17.1 Å². The molecule has 0 aromatic heterocycles.